The molecule has 1 aromatic rings. The second-order valence-corrected chi connectivity index (χ2v) is 4.39. The molecule has 0 fully saturated rings. The summed E-state index contributed by atoms with van der Waals surface area (Å²) in [7, 11) is 0. The van der Waals surface area contributed by atoms with Crippen molar-refractivity contribution in [3.05, 3.63) is 20.3 Å². The highest BCUT2D eigenvalue weighted by Gasteiger charge is 2.10. The molecule has 0 aliphatic carbocycles. The smallest absolute Gasteiger partial charge is 0.171 e. The normalized spacial score (nSPS) is 9.18. The van der Waals surface area contributed by atoms with Crippen molar-refractivity contribution in [1.82, 2.24) is 0 Å². The average Bonchev–Trinajstić information content (AvgIpc) is 2.30. The van der Waals surface area contributed by atoms with Crippen LogP contribution in [0.3, 0.4) is 0 Å². The number of hydrogen-bond donors (Lipinski definition) is 0. The molecule has 0 aliphatic rings. The Morgan fingerprint density at radius 3 is 2.82 bits per heavy atom. The molecule has 0 saturated heterocycles. The van der Waals surface area contributed by atoms with Crippen molar-refractivity contribution < 1.29 is 4.79 Å². The molecule has 0 saturated carbocycles. The summed E-state index contributed by atoms with van der Waals surface area (Å²) in [5.74, 6) is -0.0581. The van der Waals surface area contributed by atoms with E-state index in [0.717, 1.165) is 3.79 Å². The summed E-state index contributed by atoms with van der Waals surface area (Å²) in [5.41, 5.74) is 0.453. The van der Waals surface area contributed by atoms with Gasteiger partial charge in [-0.15, -0.1) is 11.3 Å². The molecule has 4 heteroatoms. The van der Waals surface area contributed by atoms with Gasteiger partial charge in [0.15, 0.2) is 5.78 Å². The fourth-order valence-electron chi connectivity index (χ4n) is 0.706. The zero-order valence-electron chi connectivity index (χ0n) is 5.72. The van der Waals surface area contributed by atoms with Gasteiger partial charge < -0.3 is 0 Å². The minimum Gasteiger partial charge on any atom is -0.294 e. The molecule has 2 nitrogen and oxygen atoms in total. The second kappa shape index (κ2) is 3.16. The third-order valence-corrected chi connectivity index (χ3v) is 2.88. The van der Waals surface area contributed by atoms with Crippen LogP contribution in [-0.4, -0.2) is 5.78 Å². The highest BCUT2D eigenvalue weighted by molar-refractivity contribution is 9.11. The summed E-state index contributed by atoms with van der Waals surface area (Å²) in [6.07, 6.45) is 0. The Bertz CT molecular complexity index is 337. The van der Waals surface area contributed by atoms with Crippen LogP contribution in [0.15, 0.2) is 9.85 Å². The molecule has 0 radical (unpaired) electrons. The second-order valence-electron chi connectivity index (χ2n) is 1.96. The molecule has 1 heterocycles. The number of Topliss-reactive ketones (excluding diaryl/α,β-unsaturated/α-hetero) is 1. The van der Waals surface area contributed by atoms with E-state index >= 15 is 0 Å². The molecule has 0 amide bonds. The molecule has 0 N–H and O–H groups in total. The lowest BCUT2D eigenvalue weighted by atomic mass is 10.2. The predicted molar refractivity (Wildman–Crippen MR) is 46.7 cm³/mol. The number of thiophene rings is 1. The van der Waals surface area contributed by atoms with Gasteiger partial charge in [0.1, 0.15) is 6.07 Å². The lowest BCUT2D eigenvalue weighted by molar-refractivity contribution is 0.102. The number of hydrogen-bond acceptors (Lipinski definition) is 3. The van der Waals surface area contributed by atoms with Crippen molar-refractivity contribution in [2.24, 2.45) is 0 Å². The maximum Gasteiger partial charge on any atom is 0.171 e. The summed E-state index contributed by atoms with van der Waals surface area (Å²) in [5, 5.41) is 8.56. The molecule has 0 unspecified atom stereocenters. The molecule has 1 rings (SSSR count). The van der Waals surface area contributed by atoms with Gasteiger partial charge in [-0.2, -0.15) is 5.26 Å². The van der Waals surface area contributed by atoms with Crippen LogP contribution in [0.5, 0.6) is 0 Å². The number of rotatable bonds is 1. The third kappa shape index (κ3) is 1.67. The van der Waals surface area contributed by atoms with E-state index in [-0.39, 0.29) is 5.78 Å². The maximum absolute atomic E-state index is 10.9. The van der Waals surface area contributed by atoms with Crippen LogP contribution in [0.1, 0.15) is 22.2 Å². The van der Waals surface area contributed by atoms with Crippen molar-refractivity contribution in [2.75, 3.05) is 0 Å². The van der Waals surface area contributed by atoms with Gasteiger partial charge in [-0.1, -0.05) is 0 Å². The lowest BCUT2D eigenvalue weighted by Crippen LogP contribution is -1.88. The Morgan fingerprint density at radius 1 is 1.82 bits per heavy atom. The molecule has 11 heavy (non-hydrogen) atoms. The Kier molecular flexibility index (Phi) is 2.42. The third-order valence-electron chi connectivity index (χ3n) is 1.14. The molecule has 0 bridgehead atoms. The number of ketones is 1. The van der Waals surface area contributed by atoms with Crippen LogP contribution in [0.4, 0.5) is 0 Å². The SMILES string of the molecule is CC(=O)c1sc(Br)cc1C#N. The van der Waals surface area contributed by atoms with Gasteiger partial charge in [-0.25, -0.2) is 0 Å². The van der Waals surface area contributed by atoms with Crippen molar-refractivity contribution >= 4 is 33.0 Å². The van der Waals surface area contributed by atoms with Crippen molar-refractivity contribution in [3.63, 3.8) is 0 Å². The highest BCUT2D eigenvalue weighted by atomic mass is 79.9. The van der Waals surface area contributed by atoms with Gasteiger partial charge in [-0.05, 0) is 22.0 Å². The number of nitrogens with zero attached hydrogens (tertiary/aromatic N) is 1. The first kappa shape index (κ1) is 8.44. The topological polar surface area (TPSA) is 40.9 Å². The molecule has 0 atom stereocenters. The zero-order valence-corrected chi connectivity index (χ0v) is 8.12. The van der Waals surface area contributed by atoms with Crippen molar-refractivity contribution in [2.45, 2.75) is 6.92 Å². The Hall–Kier alpha value is -0.660. The van der Waals surface area contributed by atoms with E-state index in [0.29, 0.717) is 10.4 Å². The van der Waals surface area contributed by atoms with E-state index in [1.165, 1.54) is 18.3 Å². The van der Waals surface area contributed by atoms with Crippen LogP contribution in [0.25, 0.3) is 0 Å². The molecule has 0 aromatic carbocycles. The summed E-state index contributed by atoms with van der Waals surface area (Å²) in [6.45, 7) is 1.46. The minimum atomic E-state index is -0.0581. The summed E-state index contributed by atoms with van der Waals surface area (Å²) >= 11 is 4.50. The van der Waals surface area contributed by atoms with Crippen LogP contribution in [0.2, 0.25) is 0 Å². The van der Waals surface area contributed by atoms with E-state index in [9.17, 15) is 4.79 Å². The predicted octanol–water partition coefficient (Wildman–Crippen LogP) is 2.58. The Balaban J connectivity index is 3.26. The lowest BCUT2D eigenvalue weighted by Gasteiger charge is -1.85. The number of halogens is 1. The van der Waals surface area contributed by atoms with Gasteiger partial charge in [0, 0.05) is 6.92 Å². The standard InChI is InChI=1S/C7H4BrNOS/c1-4(10)7-5(3-9)2-6(8)11-7/h2H,1H3. The summed E-state index contributed by atoms with van der Waals surface area (Å²) in [4.78, 5) is 11.4. The number of carbonyl (C=O) groups is 1. The maximum atomic E-state index is 10.9. The largest absolute Gasteiger partial charge is 0.294 e. The quantitative estimate of drug-likeness (QED) is 0.695. The molecule has 0 spiro atoms. The monoisotopic (exact) mass is 229 g/mol. The van der Waals surface area contributed by atoms with Crippen LogP contribution in [-0.2, 0) is 0 Å². The fraction of sp³-hybridized carbons (Fsp3) is 0.143. The minimum absolute atomic E-state index is 0.0581. The van der Waals surface area contributed by atoms with E-state index in [1.54, 1.807) is 6.07 Å². The van der Waals surface area contributed by atoms with Crippen molar-refractivity contribution in [3.8, 4) is 6.07 Å². The van der Waals surface area contributed by atoms with E-state index in [2.05, 4.69) is 15.9 Å². The molecular formula is C7H4BrNOS. The molecular weight excluding hydrogens is 226 g/mol. The van der Waals surface area contributed by atoms with Crippen molar-refractivity contribution in [1.29, 1.82) is 5.26 Å². The molecule has 0 aliphatic heterocycles. The van der Waals surface area contributed by atoms with E-state index in [4.69, 9.17) is 5.26 Å². The summed E-state index contributed by atoms with van der Waals surface area (Å²) < 4.78 is 0.819. The van der Waals surface area contributed by atoms with Gasteiger partial charge in [0.25, 0.3) is 0 Å². The first-order chi connectivity index (χ1) is 5.15. The molecule has 1 aromatic heterocycles. The number of carbonyl (C=O) groups excluding carboxylic acids is 1. The Morgan fingerprint density at radius 2 is 2.45 bits per heavy atom. The van der Waals surface area contributed by atoms with Gasteiger partial charge in [0.2, 0.25) is 0 Å². The summed E-state index contributed by atoms with van der Waals surface area (Å²) in [6, 6.07) is 3.61. The van der Waals surface area contributed by atoms with Gasteiger partial charge in [0.05, 0.1) is 14.2 Å². The van der Waals surface area contributed by atoms with E-state index in [1.807, 2.05) is 6.07 Å². The van der Waals surface area contributed by atoms with Crippen LogP contribution < -0.4 is 0 Å². The van der Waals surface area contributed by atoms with Gasteiger partial charge >= 0.3 is 0 Å². The Labute approximate surface area is 76.6 Å². The first-order valence-electron chi connectivity index (χ1n) is 2.85. The van der Waals surface area contributed by atoms with Crippen LogP contribution >= 0.6 is 27.3 Å². The van der Waals surface area contributed by atoms with Crippen LogP contribution in [0, 0.1) is 11.3 Å². The number of nitriles is 1. The van der Waals surface area contributed by atoms with E-state index < -0.39 is 0 Å². The van der Waals surface area contributed by atoms with Gasteiger partial charge in [-0.3, -0.25) is 4.79 Å². The average molecular weight is 230 g/mol. The zero-order chi connectivity index (χ0) is 8.43. The fourth-order valence-corrected chi connectivity index (χ4v) is 2.15. The highest BCUT2D eigenvalue weighted by Crippen LogP contribution is 2.26. The molecule has 56 valence electrons. The first-order valence-corrected chi connectivity index (χ1v) is 4.46.